The van der Waals surface area contributed by atoms with E-state index < -0.39 is 22.0 Å². The van der Waals surface area contributed by atoms with E-state index in [1.54, 1.807) is 0 Å². The molecule has 0 fully saturated rings. The van der Waals surface area contributed by atoms with Crippen molar-refractivity contribution in [2.75, 3.05) is 0 Å². The largest absolute Gasteiger partial charge is 0.351 e. The molecule has 0 heterocycles. The normalized spacial score (nSPS) is 12.6. The predicted octanol–water partition coefficient (Wildman–Crippen LogP) is 3.09. The number of carbonyl (C=O) groups is 1. The highest BCUT2D eigenvalue weighted by Gasteiger charge is 2.21. The molecule has 8 heteroatoms. The Hall–Kier alpha value is -1.41. The Morgan fingerprint density at radius 2 is 1.88 bits per heavy atom. The van der Waals surface area contributed by atoms with Crippen LogP contribution in [0.15, 0.2) is 57.9 Å². The van der Waals surface area contributed by atoms with Crippen molar-refractivity contribution in [1.82, 2.24) is 10.0 Å². The standard InChI is InChI=1S/C16H16BrClN2O3S/c1-11(16(21)19-10-12-3-2-4-13(17)9-12)20-24(22,23)15-7-5-14(18)6-8-15/h2-9,11,20H,10H2,1H3,(H,19,21)/t11-/m0/s1. The van der Waals surface area contributed by atoms with E-state index in [0.717, 1.165) is 10.0 Å². The summed E-state index contributed by atoms with van der Waals surface area (Å²) < 4.78 is 27.7. The first kappa shape index (κ1) is 18.9. The van der Waals surface area contributed by atoms with E-state index in [4.69, 9.17) is 11.6 Å². The van der Waals surface area contributed by atoms with Gasteiger partial charge in [-0.25, -0.2) is 8.42 Å². The topological polar surface area (TPSA) is 75.3 Å². The molecular formula is C16H16BrClN2O3S. The maximum Gasteiger partial charge on any atom is 0.241 e. The minimum atomic E-state index is -3.79. The van der Waals surface area contributed by atoms with Crippen molar-refractivity contribution in [3.05, 3.63) is 63.6 Å². The maximum absolute atomic E-state index is 12.2. The number of halogens is 2. The number of benzene rings is 2. The van der Waals surface area contributed by atoms with Gasteiger partial charge >= 0.3 is 0 Å². The molecule has 2 rings (SSSR count). The van der Waals surface area contributed by atoms with Crippen LogP contribution < -0.4 is 10.0 Å². The zero-order valence-corrected chi connectivity index (χ0v) is 16.0. The molecule has 1 atom stereocenters. The highest BCUT2D eigenvalue weighted by molar-refractivity contribution is 9.10. The molecule has 0 aliphatic carbocycles. The Labute approximate surface area is 154 Å². The molecule has 0 unspecified atom stereocenters. The van der Waals surface area contributed by atoms with Crippen LogP contribution in [0.1, 0.15) is 12.5 Å². The lowest BCUT2D eigenvalue weighted by Gasteiger charge is -2.14. The van der Waals surface area contributed by atoms with E-state index in [9.17, 15) is 13.2 Å². The SMILES string of the molecule is C[C@H](NS(=O)(=O)c1ccc(Cl)cc1)C(=O)NCc1cccc(Br)c1. The molecule has 24 heavy (non-hydrogen) atoms. The number of hydrogen-bond acceptors (Lipinski definition) is 3. The number of hydrogen-bond donors (Lipinski definition) is 2. The molecule has 128 valence electrons. The summed E-state index contributed by atoms with van der Waals surface area (Å²) in [7, 11) is -3.79. The van der Waals surface area contributed by atoms with Crippen LogP contribution in [-0.4, -0.2) is 20.4 Å². The Kier molecular flexibility index (Phi) is 6.40. The van der Waals surface area contributed by atoms with E-state index in [2.05, 4.69) is 26.0 Å². The molecule has 2 N–H and O–H groups in total. The van der Waals surface area contributed by atoms with Crippen LogP contribution in [0.4, 0.5) is 0 Å². The molecule has 5 nitrogen and oxygen atoms in total. The Bertz CT molecular complexity index is 825. The minimum absolute atomic E-state index is 0.0542. The van der Waals surface area contributed by atoms with Crippen molar-refractivity contribution >= 4 is 43.5 Å². The van der Waals surface area contributed by atoms with Gasteiger partial charge in [-0.1, -0.05) is 39.7 Å². The van der Waals surface area contributed by atoms with Gasteiger partial charge in [0.05, 0.1) is 10.9 Å². The first-order valence-electron chi connectivity index (χ1n) is 7.08. The minimum Gasteiger partial charge on any atom is -0.351 e. The van der Waals surface area contributed by atoms with Crippen LogP contribution in [0.25, 0.3) is 0 Å². The molecule has 0 aliphatic rings. The summed E-state index contributed by atoms with van der Waals surface area (Å²) in [6.07, 6.45) is 0. The van der Waals surface area contributed by atoms with Crippen molar-refractivity contribution in [2.45, 2.75) is 24.4 Å². The Morgan fingerprint density at radius 3 is 2.50 bits per heavy atom. The van der Waals surface area contributed by atoms with Gasteiger partial charge in [0.1, 0.15) is 0 Å². The summed E-state index contributed by atoms with van der Waals surface area (Å²) >= 11 is 9.10. The highest BCUT2D eigenvalue weighted by Crippen LogP contribution is 2.14. The Balaban J connectivity index is 1.96. The van der Waals surface area contributed by atoms with Gasteiger partial charge in [-0.2, -0.15) is 4.72 Å². The zero-order chi connectivity index (χ0) is 17.7. The van der Waals surface area contributed by atoms with Gasteiger partial charge in [0.2, 0.25) is 15.9 Å². The van der Waals surface area contributed by atoms with Crippen molar-refractivity contribution in [3.8, 4) is 0 Å². The third-order valence-corrected chi connectivity index (χ3v) is 5.51. The number of nitrogens with one attached hydrogen (secondary N) is 2. The maximum atomic E-state index is 12.2. The first-order chi connectivity index (χ1) is 11.3. The molecule has 1 amide bonds. The molecule has 0 bridgehead atoms. The molecule has 0 radical (unpaired) electrons. The lowest BCUT2D eigenvalue weighted by atomic mass is 10.2. The van der Waals surface area contributed by atoms with Crippen molar-refractivity contribution in [1.29, 1.82) is 0 Å². The van der Waals surface area contributed by atoms with Crippen molar-refractivity contribution in [2.24, 2.45) is 0 Å². The van der Waals surface area contributed by atoms with Crippen LogP contribution in [-0.2, 0) is 21.4 Å². The van der Waals surface area contributed by atoms with Gasteiger partial charge in [-0.05, 0) is 48.9 Å². The molecule has 2 aromatic carbocycles. The molecule has 0 saturated carbocycles. The van der Waals surface area contributed by atoms with Crippen LogP contribution >= 0.6 is 27.5 Å². The fraction of sp³-hybridized carbons (Fsp3) is 0.188. The average Bonchev–Trinajstić information content (AvgIpc) is 2.52. The van der Waals surface area contributed by atoms with Gasteiger partial charge in [0.15, 0.2) is 0 Å². The van der Waals surface area contributed by atoms with Gasteiger partial charge in [-0.3, -0.25) is 4.79 Å². The lowest BCUT2D eigenvalue weighted by Crippen LogP contribution is -2.44. The lowest BCUT2D eigenvalue weighted by molar-refractivity contribution is -0.122. The van der Waals surface area contributed by atoms with Crippen LogP contribution in [0.3, 0.4) is 0 Å². The number of sulfonamides is 1. The van der Waals surface area contributed by atoms with Crippen molar-refractivity contribution < 1.29 is 13.2 Å². The summed E-state index contributed by atoms with van der Waals surface area (Å²) in [5, 5.41) is 3.14. The van der Waals surface area contributed by atoms with E-state index in [1.807, 2.05) is 24.3 Å². The van der Waals surface area contributed by atoms with E-state index >= 15 is 0 Å². The molecule has 0 spiro atoms. The zero-order valence-electron chi connectivity index (χ0n) is 12.8. The monoisotopic (exact) mass is 430 g/mol. The second-order valence-electron chi connectivity index (χ2n) is 5.14. The van der Waals surface area contributed by atoms with Gasteiger partial charge in [-0.15, -0.1) is 0 Å². The third kappa shape index (κ3) is 5.31. The first-order valence-corrected chi connectivity index (χ1v) is 9.73. The summed E-state index contributed by atoms with van der Waals surface area (Å²) in [5.74, 6) is -0.410. The molecule has 0 saturated heterocycles. The quantitative estimate of drug-likeness (QED) is 0.738. The van der Waals surface area contributed by atoms with Crippen LogP contribution in [0, 0.1) is 0 Å². The fourth-order valence-corrected chi connectivity index (χ4v) is 3.73. The second kappa shape index (κ2) is 8.11. The average molecular weight is 432 g/mol. The number of amides is 1. The van der Waals surface area contributed by atoms with Crippen LogP contribution in [0.2, 0.25) is 5.02 Å². The molecular weight excluding hydrogens is 416 g/mol. The van der Waals surface area contributed by atoms with E-state index in [1.165, 1.54) is 31.2 Å². The van der Waals surface area contributed by atoms with Gasteiger partial charge < -0.3 is 5.32 Å². The number of rotatable bonds is 6. The van der Waals surface area contributed by atoms with Gasteiger partial charge in [0.25, 0.3) is 0 Å². The van der Waals surface area contributed by atoms with E-state index in [-0.39, 0.29) is 4.90 Å². The summed E-state index contributed by atoms with van der Waals surface area (Å²) in [6.45, 7) is 1.80. The molecule has 0 aliphatic heterocycles. The van der Waals surface area contributed by atoms with E-state index in [0.29, 0.717) is 11.6 Å². The third-order valence-electron chi connectivity index (χ3n) is 3.20. The summed E-state index contributed by atoms with van der Waals surface area (Å²) in [6, 6.07) is 12.3. The Morgan fingerprint density at radius 1 is 1.21 bits per heavy atom. The fourth-order valence-electron chi connectivity index (χ4n) is 1.96. The molecule has 2 aromatic rings. The van der Waals surface area contributed by atoms with Crippen LogP contribution in [0.5, 0.6) is 0 Å². The second-order valence-corrected chi connectivity index (χ2v) is 8.21. The predicted molar refractivity (Wildman–Crippen MR) is 97.2 cm³/mol. The smallest absolute Gasteiger partial charge is 0.241 e. The van der Waals surface area contributed by atoms with Crippen molar-refractivity contribution in [3.63, 3.8) is 0 Å². The number of carbonyl (C=O) groups excluding carboxylic acids is 1. The highest BCUT2D eigenvalue weighted by atomic mass is 79.9. The summed E-state index contributed by atoms with van der Waals surface area (Å²) in [4.78, 5) is 12.1. The summed E-state index contributed by atoms with van der Waals surface area (Å²) in [5.41, 5.74) is 0.908. The van der Waals surface area contributed by atoms with Gasteiger partial charge in [0, 0.05) is 16.0 Å². The molecule has 0 aromatic heterocycles.